The monoisotopic (exact) mass is 1050 g/mol. The molecule has 29 heteroatoms. The van der Waals surface area contributed by atoms with Gasteiger partial charge in [-0.05, 0) is 55.7 Å². The highest BCUT2D eigenvalue weighted by Gasteiger charge is 2.41. The molecule has 20 N–H and O–H groups in total. The summed E-state index contributed by atoms with van der Waals surface area (Å²) in [6, 6.07) is -5.41. The van der Waals surface area contributed by atoms with E-state index in [-0.39, 0.29) is 62.0 Å². The van der Waals surface area contributed by atoms with Crippen molar-refractivity contribution in [3.8, 4) is 5.75 Å². The lowest BCUT2D eigenvalue weighted by atomic mass is 9.96. The SMILES string of the molecule is CC[C@H](C)[C@@H]1NC(=O)[C@H](Cc2ccc(O)cc2)NC(=O)[C@@H](N)CSSC[C@@H](C(=O)N2CCC[C@H]2C(=O)N[C@@H](CCCNC(=N)N)C(=O)NCC(N)=O)NC(=O)[C@H](CC(N)=O)NC(=O)[C@H](CCC(N)=O)NC1=O. The zero-order chi connectivity index (χ0) is 53.7. The Morgan fingerprint density at radius 3 is 2.06 bits per heavy atom. The van der Waals surface area contributed by atoms with Crippen LogP contribution in [-0.4, -0.2) is 160 Å². The molecule has 3 rings (SSSR count). The largest absolute Gasteiger partial charge is 0.508 e. The molecule has 72 heavy (non-hydrogen) atoms. The van der Waals surface area contributed by atoms with Crippen molar-refractivity contribution in [3.05, 3.63) is 29.8 Å². The number of nitrogens with zero attached hydrogens (tertiary/aromatic N) is 1. The molecule has 0 unspecified atom stereocenters. The van der Waals surface area contributed by atoms with Crippen LogP contribution in [-0.2, 0) is 59.2 Å². The predicted molar refractivity (Wildman–Crippen MR) is 264 cm³/mol. The number of likely N-dealkylation sites (tertiary alicyclic amines) is 1. The van der Waals surface area contributed by atoms with Crippen molar-refractivity contribution in [2.75, 3.05) is 31.1 Å². The van der Waals surface area contributed by atoms with Crippen LogP contribution in [0.5, 0.6) is 5.75 Å². The first kappa shape index (κ1) is 59.4. The van der Waals surface area contributed by atoms with Crippen molar-refractivity contribution < 1.29 is 57.8 Å². The third kappa shape index (κ3) is 19.7. The molecule has 11 amide bonds. The minimum absolute atomic E-state index is 0.00639. The van der Waals surface area contributed by atoms with E-state index in [9.17, 15) is 57.8 Å². The Morgan fingerprint density at radius 1 is 0.806 bits per heavy atom. The lowest BCUT2D eigenvalue weighted by Crippen LogP contribution is -2.61. The number of hydrogen-bond acceptors (Lipinski definition) is 16. The van der Waals surface area contributed by atoms with Crippen LogP contribution in [0.2, 0.25) is 0 Å². The topological polar surface area (TPSA) is 461 Å². The first-order valence-corrected chi connectivity index (χ1v) is 25.6. The van der Waals surface area contributed by atoms with Crippen molar-refractivity contribution in [2.45, 2.75) is 120 Å². The zero-order valence-corrected chi connectivity index (χ0v) is 41.6. The van der Waals surface area contributed by atoms with Gasteiger partial charge in [0.2, 0.25) is 65.0 Å². The van der Waals surface area contributed by atoms with Gasteiger partial charge in [-0.25, -0.2) is 0 Å². The normalized spacial score (nSPS) is 23.6. The Bertz CT molecular complexity index is 2160. The molecule has 2 fully saturated rings. The number of phenolic OH excluding ortho intramolecular Hbond substituents is 1. The summed E-state index contributed by atoms with van der Waals surface area (Å²) < 4.78 is 0. The maximum absolute atomic E-state index is 14.5. The van der Waals surface area contributed by atoms with Crippen LogP contribution < -0.4 is 71.2 Å². The van der Waals surface area contributed by atoms with E-state index in [1.165, 1.54) is 29.2 Å². The fourth-order valence-corrected chi connectivity index (χ4v) is 9.72. The molecule has 2 heterocycles. The Balaban J connectivity index is 2.04. The van der Waals surface area contributed by atoms with Gasteiger partial charge in [-0.3, -0.25) is 58.1 Å². The molecule has 0 bridgehead atoms. The average Bonchev–Trinajstić information content (AvgIpc) is 3.82. The maximum atomic E-state index is 14.5. The molecule has 0 aromatic heterocycles. The summed E-state index contributed by atoms with van der Waals surface area (Å²) in [6.07, 6.45) is -0.802. The van der Waals surface area contributed by atoms with E-state index in [1.54, 1.807) is 13.8 Å². The van der Waals surface area contributed by atoms with Crippen LogP contribution in [0.4, 0.5) is 0 Å². The minimum atomic E-state index is -1.78. The Morgan fingerprint density at radius 2 is 1.43 bits per heavy atom. The molecule has 398 valence electrons. The second-order valence-electron chi connectivity index (χ2n) is 17.3. The molecule has 1 aromatic carbocycles. The van der Waals surface area contributed by atoms with Gasteiger partial charge in [0.1, 0.15) is 48.0 Å². The van der Waals surface area contributed by atoms with E-state index in [4.69, 9.17) is 34.1 Å². The van der Waals surface area contributed by atoms with Gasteiger partial charge in [0.25, 0.3) is 0 Å². The highest BCUT2D eigenvalue weighted by Crippen LogP contribution is 2.26. The molecule has 2 aliphatic rings. The summed E-state index contributed by atoms with van der Waals surface area (Å²) >= 11 is 0. The number of aromatic hydroxyl groups is 1. The quantitative estimate of drug-likeness (QED) is 0.0266. The Hall–Kier alpha value is -6.88. The highest BCUT2D eigenvalue weighted by molar-refractivity contribution is 8.76. The Kier molecular flexibility index (Phi) is 24.3. The third-order valence-corrected chi connectivity index (χ3v) is 14.0. The lowest BCUT2D eigenvalue weighted by molar-refractivity contribution is -0.142. The smallest absolute Gasteiger partial charge is 0.246 e. The summed E-state index contributed by atoms with van der Waals surface area (Å²) in [4.78, 5) is 148. The maximum Gasteiger partial charge on any atom is 0.246 e. The first-order valence-electron chi connectivity index (χ1n) is 23.1. The molecule has 2 aliphatic heterocycles. The van der Waals surface area contributed by atoms with E-state index in [1.807, 2.05) is 0 Å². The average molecular weight is 1050 g/mol. The number of hydrogen-bond donors (Lipinski definition) is 15. The molecule has 1 aromatic rings. The molecule has 0 spiro atoms. The number of phenols is 1. The first-order chi connectivity index (χ1) is 34.0. The van der Waals surface area contributed by atoms with Crippen LogP contribution in [0.15, 0.2) is 24.3 Å². The number of rotatable bonds is 19. The van der Waals surface area contributed by atoms with Crippen LogP contribution >= 0.6 is 21.6 Å². The van der Waals surface area contributed by atoms with E-state index < -0.39 is 145 Å². The number of carbonyl (C=O) groups excluding carboxylic acids is 11. The van der Waals surface area contributed by atoms with Crippen LogP contribution in [0.3, 0.4) is 0 Å². The second kappa shape index (κ2) is 29.5. The van der Waals surface area contributed by atoms with Crippen LogP contribution in [0.25, 0.3) is 0 Å². The van der Waals surface area contributed by atoms with Gasteiger partial charge in [-0.15, -0.1) is 0 Å². The third-order valence-electron chi connectivity index (χ3n) is 11.6. The standard InChI is InChI=1S/C43H67N15O12S2/c1-3-21(2)34-41(69)53-26(12-13-31(45)60)37(65)55-28(17-32(46)61)38(66)56-29(20-72-71-19-24(44)35(63)54-27(39(67)57-34)16-22-8-10-23(59)11-9-22)42(70)58-15-5-7-30(58)40(68)52-25(6-4-14-50-43(48)49)36(64)51-18-33(47)62/h8-11,21,24-30,34,59H,3-7,12-20,44H2,1-2H3,(H2,45,60)(H2,46,61)(H2,47,62)(H,51,64)(H,52,68)(H,53,69)(H,54,63)(H,55,65)(H,56,66)(H,57,67)(H4,48,49,50)/t21-,24-,25-,26-,27-,28-,29-,30-,34-/m0/s1. The number of carbonyl (C=O) groups is 11. The van der Waals surface area contributed by atoms with E-state index in [0.29, 0.717) is 18.4 Å². The van der Waals surface area contributed by atoms with E-state index in [2.05, 4.69) is 42.5 Å². The number of guanidine groups is 1. The zero-order valence-electron chi connectivity index (χ0n) is 40.0. The summed E-state index contributed by atoms with van der Waals surface area (Å²) in [5.74, 6) is -11.1. The van der Waals surface area contributed by atoms with Gasteiger partial charge in [0.15, 0.2) is 5.96 Å². The number of amides is 11. The van der Waals surface area contributed by atoms with Gasteiger partial charge < -0.3 is 81.2 Å². The number of primary amides is 3. The number of nitrogens with one attached hydrogen (secondary N) is 9. The summed E-state index contributed by atoms with van der Waals surface area (Å²) in [5.41, 5.74) is 28.3. The van der Waals surface area contributed by atoms with Crippen molar-refractivity contribution >= 4 is 92.5 Å². The van der Waals surface area contributed by atoms with Crippen molar-refractivity contribution in [3.63, 3.8) is 0 Å². The summed E-state index contributed by atoms with van der Waals surface area (Å²) in [7, 11) is 2.00. The molecule has 9 atom stereocenters. The number of benzene rings is 1. The summed E-state index contributed by atoms with van der Waals surface area (Å²) in [6.45, 7) is 3.01. The van der Waals surface area contributed by atoms with Crippen molar-refractivity contribution in [2.24, 2.45) is 34.6 Å². The second-order valence-corrected chi connectivity index (χ2v) is 19.8. The highest BCUT2D eigenvalue weighted by atomic mass is 33.1. The van der Waals surface area contributed by atoms with Crippen molar-refractivity contribution in [1.29, 1.82) is 5.41 Å². The molecule has 27 nitrogen and oxygen atoms in total. The molecule has 0 radical (unpaired) electrons. The molecule has 0 aliphatic carbocycles. The van der Waals surface area contributed by atoms with Gasteiger partial charge in [-0.2, -0.15) is 0 Å². The Labute approximate surface area is 423 Å². The van der Waals surface area contributed by atoms with Gasteiger partial charge >= 0.3 is 0 Å². The predicted octanol–water partition coefficient (Wildman–Crippen LogP) is -5.39. The van der Waals surface area contributed by atoms with Gasteiger partial charge in [0, 0.05) is 37.4 Å². The van der Waals surface area contributed by atoms with E-state index in [0.717, 1.165) is 21.6 Å². The van der Waals surface area contributed by atoms with Crippen LogP contribution in [0, 0.1) is 11.3 Å². The van der Waals surface area contributed by atoms with Gasteiger partial charge in [-0.1, -0.05) is 54.0 Å². The number of nitrogens with two attached hydrogens (primary N) is 5. The molecule has 0 saturated carbocycles. The van der Waals surface area contributed by atoms with Gasteiger partial charge in [0.05, 0.1) is 19.0 Å². The molecule has 2 saturated heterocycles. The van der Waals surface area contributed by atoms with Crippen LogP contribution in [0.1, 0.15) is 70.8 Å². The van der Waals surface area contributed by atoms with E-state index >= 15 is 0 Å². The molecular formula is C43H67N15O12S2. The minimum Gasteiger partial charge on any atom is -0.508 e. The van der Waals surface area contributed by atoms with Crippen molar-refractivity contribution in [1.82, 2.24) is 47.4 Å². The molecular weight excluding hydrogens is 983 g/mol. The lowest BCUT2D eigenvalue weighted by Gasteiger charge is -2.31. The fourth-order valence-electron chi connectivity index (χ4n) is 7.44. The fraction of sp³-hybridized carbons (Fsp3) is 0.581. The summed E-state index contributed by atoms with van der Waals surface area (Å²) in [5, 5.41) is 37.5.